The molecule has 3 heterocycles. The van der Waals surface area contributed by atoms with Crippen molar-refractivity contribution >= 4 is 16.9 Å². The molecule has 0 amide bonds. The number of hydrogen-bond donors (Lipinski definition) is 3. The molecule has 1 aliphatic carbocycles. The molecular weight excluding hydrogens is 250 g/mol. The Morgan fingerprint density at radius 1 is 1.35 bits per heavy atom. The second-order valence-electron chi connectivity index (χ2n) is 6.40. The number of anilines is 1. The number of H-pyrrole nitrogens is 1. The van der Waals surface area contributed by atoms with Crippen molar-refractivity contribution in [3.05, 3.63) is 18.1 Å². The fourth-order valence-corrected chi connectivity index (χ4v) is 3.17. The molecule has 2 aliphatic rings. The molecule has 0 radical (unpaired) electrons. The van der Waals surface area contributed by atoms with Gasteiger partial charge in [0, 0.05) is 18.8 Å². The first-order valence-electron chi connectivity index (χ1n) is 7.56. The molecule has 106 valence electrons. The normalized spacial score (nSPS) is 24.8. The Labute approximate surface area is 118 Å². The van der Waals surface area contributed by atoms with Crippen LogP contribution in [-0.2, 0) is 5.41 Å². The quantitative estimate of drug-likeness (QED) is 0.800. The first-order valence-corrected chi connectivity index (χ1v) is 7.56. The largest absolute Gasteiger partial charge is 0.365 e. The fourth-order valence-electron chi connectivity index (χ4n) is 3.17. The second-order valence-corrected chi connectivity index (χ2v) is 6.40. The summed E-state index contributed by atoms with van der Waals surface area (Å²) >= 11 is 0. The molecule has 0 bridgehead atoms. The van der Waals surface area contributed by atoms with E-state index in [1.807, 2.05) is 0 Å². The monoisotopic (exact) mass is 271 g/mol. The van der Waals surface area contributed by atoms with Gasteiger partial charge in [0.25, 0.3) is 0 Å². The van der Waals surface area contributed by atoms with E-state index in [-0.39, 0.29) is 0 Å². The first-order chi connectivity index (χ1) is 9.76. The van der Waals surface area contributed by atoms with Crippen molar-refractivity contribution in [1.82, 2.24) is 20.3 Å². The molecule has 20 heavy (non-hydrogen) atoms. The van der Waals surface area contributed by atoms with Crippen LogP contribution in [0.5, 0.6) is 0 Å². The maximum Gasteiger partial charge on any atom is 0.143 e. The van der Waals surface area contributed by atoms with E-state index in [0.717, 1.165) is 24.6 Å². The zero-order chi connectivity index (χ0) is 13.6. The van der Waals surface area contributed by atoms with E-state index in [1.165, 1.54) is 36.6 Å². The number of nitrogens with zero attached hydrogens (tertiary/aromatic N) is 2. The summed E-state index contributed by atoms with van der Waals surface area (Å²) in [6.07, 6.45) is 8.73. The van der Waals surface area contributed by atoms with Gasteiger partial charge in [0.2, 0.25) is 0 Å². The molecule has 5 nitrogen and oxygen atoms in total. The van der Waals surface area contributed by atoms with Crippen LogP contribution in [0.4, 0.5) is 5.82 Å². The molecule has 0 spiro atoms. The number of aromatic amines is 1. The molecule has 2 fully saturated rings. The van der Waals surface area contributed by atoms with E-state index >= 15 is 0 Å². The van der Waals surface area contributed by atoms with Crippen molar-refractivity contribution in [2.45, 2.75) is 44.1 Å². The summed E-state index contributed by atoms with van der Waals surface area (Å²) < 4.78 is 0. The molecule has 0 aromatic carbocycles. The van der Waals surface area contributed by atoms with Crippen LogP contribution in [-0.4, -0.2) is 34.1 Å². The lowest BCUT2D eigenvalue weighted by molar-refractivity contribution is 0.479. The van der Waals surface area contributed by atoms with Gasteiger partial charge in [0.15, 0.2) is 0 Å². The predicted molar refractivity (Wildman–Crippen MR) is 80.0 cm³/mol. The summed E-state index contributed by atoms with van der Waals surface area (Å²) in [6.45, 7) is 4.47. The molecule has 1 aliphatic heterocycles. The summed E-state index contributed by atoms with van der Waals surface area (Å²) in [5.41, 5.74) is 2.65. The fraction of sp³-hybridized carbons (Fsp3) is 0.600. The molecule has 5 heteroatoms. The number of piperidine rings is 1. The highest BCUT2D eigenvalue weighted by Gasteiger charge is 2.41. The Morgan fingerprint density at radius 3 is 3.00 bits per heavy atom. The molecule has 1 saturated carbocycles. The van der Waals surface area contributed by atoms with Crippen molar-refractivity contribution in [3.63, 3.8) is 0 Å². The molecule has 1 atom stereocenters. The minimum atomic E-state index is 0.324. The number of aromatic nitrogens is 3. The van der Waals surface area contributed by atoms with Gasteiger partial charge in [-0.15, -0.1) is 0 Å². The Morgan fingerprint density at radius 2 is 2.25 bits per heavy atom. The van der Waals surface area contributed by atoms with Crippen molar-refractivity contribution in [2.24, 2.45) is 0 Å². The number of rotatable bonds is 3. The first kappa shape index (κ1) is 12.1. The van der Waals surface area contributed by atoms with Gasteiger partial charge in [-0.1, -0.05) is 6.92 Å². The maximum atomic E-state index is 4.51. The van der Waals surface area contributed by atoms with Crippen molar-refractivity contribution in [1.29, 1.82) is 0 Å². The van der Waals surface area contributed by atoms with Crippen LogP contribution in [0.1, 0.15) is 38.2 Å². The Hall–Kier alpha value is -1.62. The van der Waals surface area contributed by atoms with Gasteiger partial charge in [-0.05, 0) is 43.2 Å². The van der Waals surface area contributed by atoms with Gasteiger partial charge in [0.1, 0.15) is 17.8 Å². The summed E-state index contributed by atoms with van der Waals surface area (Å²) in [7, 11) is 0. The highest BCUT2D eigenvalue weighted by atomic mass is 15.1. The van der Waals surface area contributed by atoms with Gasteiger partial charge >= 0.3 is 0 Å². The molecule has 2 aromatic rings. The lowest BCUT2D eigenvalue weighted by Crippen LogP contribution is -2.38. The van der Waals surface area contributed by atoms with E-state index in [2.05, 4.69) is 38.7 Å². The highest BCUT2D eigenvalue weighted by molar-refractivity contribution is 5.91. The van der Waals surface area contributed by atoms with E-state index in [1.54, 1.807) is 6.33 Å². The van der Waals surface area contributed by atoms with Gasteiger partial charge in [-0.2, -0.15) is 0 Å². The van der Waals surface area contributed by atoms with Crippen molar-refractivity contribution < 1.29 is 0 Å². The lowest BCUT2D eigenvalue weighted by Gasteiger charge is -2.24. The van der Waals surface area contributed by atoms with Crippen LogP contribution < -0.4 is 10.6 Å². The second kappa shape index (κ2) is 4.45. The van der Waals surface area contributed by atoms with Crippen LogP contribution in [0.15, 0.2) is 12.5 Å². The van der Waals surface area contributed by atoms with E-state index < -0.39 is 0 Å². The Kier molecular flexibility index (Phi) is 2.70. The predicted octanol–water partition coefficient (Wildman–Crippen LogP) is 2.17. The molecule has 1 unspecified atom stereocenters. The third-order valence-corrected chi connectivity index (χ3v) is 4.76. The SMILES string of the molecule is CC1(c2c[nH]c3ncnc(NC4CCCNC4)c23)CC1. The van der Waals surface area contributed by atoms with Gasteiger partial charge in [0.05, 0.1) is 5.39 Å². The third-order valence-electron chi connectivity index (χ3n) is 4.76. The molecule has 3 N–H and O–H groups in total. The Bertz CT molecular complexity index is 622. The van der Waals surface area contributed by atoms with E-state index in [9.17, 15) is 0 Å². The van der Waals surface area contributed by atoms with Gasteiger partial charge in [-0.25, -0.2) is 9.97 Å². The lowest BCUT2D eigenvalue weighted by atomic mass is 9.98. The standard InChI is InChI=1S/C15H21N5/c1-15(4-5-15)11-8-17-13-12(11)14(19-9-18-13)20-10-3-2-6-16-7-10/h8-10,16H,2-7H2,1H3,(H2,17,18,19,20). The van der Waals surface area contributed by atoms with E-state index in [4.69, 9.17) is 0 Å². The van der Waals surface area contributed by atoms with Crippen molar-refractivity contribution in [3.8, 4) is 0 Å². The van der Waals surface area contributed by atoms with Gasteiger partial charge < -0.3 is 15.6 Å². The average Bonchev–Trinajstić information content (AvgIpc) is 3.05. The van der Waals surface area contributed by atoms with Crippen LogP contribution in [0.3, 0.4) is 0 Å². The molecule has 4 rings (SSSR count). The summed E-state index contributed by atoms with van der Waals surface area (Å²) in [6, 6.07) is 0.469. The molecule has 1 saturated heterocycles. The number of nitrogens with one attached hydrogen (secondary N) is 3. The third kappa shape index (κ3) is 1.97. The van der Waals surface area contributed by atoms with Crippen LogP contribution in [0.25, 0.3) is 11.0 Å². The smallest absolute Gasteiger partial charge is 0.143 e. The van der Waals surface area contributed by atoms with Crippen molar-refractivity contribution in [2.75, 3.05) is 18.4 Å². The van der Waals surface area contributed by atoms with Crippen LogP contribution in [0.2, 0.25) is 0 Å². The average molecular weight is 271 g/mol. The summed E-state index contributed by atoms with van der Waals surface area (Å²) in [4.78, 5) is 12.2. The van der Waals surface area contributed by atoms with Gasteiger partial charge in [-0.3, -0.25) is 0 Å². The zero-order valence-corrected chi connectivity index (χ0v) is 11.9. The topological polar surface area (TPSA) is 65.6 Å². The highest BCUT2D eigenvalue weighted by Crippen LogP contribution is 2.50. The summed E-state index contributed by atoms with van der Waals surface area (Å²) in [5, 5.41) is 8.25. The maximum absolute atomic E-state index is 4.51. The molecular formula is C15H21N5. The minimum Gasteiger partial charge on any atom is -0.365 e. The van der Waals surface area contributed by atoms with Crippen LogP contribution in [0, 0.1) is 0 Å². The number of fused-ring (bicyclic) bond motifs is 1. The Balaban J connectivity index is 1.72. The minimum absolute atomic E-state index is 0.324. The number of hydrogen-bond acceptors (Lipinski definition) is 4. The molecule has 2 aromatic heterocycles. The summed E-state index contributed by atoms with van der Waals surface area (Å²) in [5.74, 6) is 0.994. The van der Waals surface area contributed by atoms with Crippen LogP contribution >= 0.6 is 0 Å². The zero-order valence-electron chi connectivity index (χ0n) is 11.9. The van der Waals surface area contributed by atoms with E-state index in [0.29, 0.717) is 11.5 Å².